The Hall–Kier alpha value is -2.52. The number of anilines is 2. The summed E-state index contributed by atoms with van der Waals surface area (Å²) in [6.45, 7) is 2.74. The van der Waals surface area contributed by atoms with E-state index in [1.165, 1.54) is 19.2 Å². The zero-order valence-corrected chi connectivity index (χ0v) is 17.0. The molecule has 2 aromatic rings. The van der Waals surface area contributed by atoms with Gasteiger partial charge in [0.1, 0.15) is 11.5 Å². The van der Waals surface area contributed by atoms with Crippen molar-refractivity contribution in [2.45, 2.75) is 18.2 Å². The minimum atomic E-state index is -3.78. The van der Waals surface area contributed by atoms with Crippen LogP contribution in [0.25, 0.3) is 0 Å². The Bertz CT molecular complexity index is 884. The minimum Gasteiger partial charge on any atom is -0.497 e. The molecule has 0 atom stereocenters. The molecule has 0 aliphatic rings. The zero-order valence-electron chi connectivity index (χ0n) is 15.4. The van der Waals surface area contributed by atoms with E-state index in [4.69, 9.17) is 21.7 Å². The second kappa shape index (κ2) is 9.43. The zero-order chi connectivity index (χ0) is 19.9. The number of thiocarbonyl (C=S) groups is 1. The molecule has 0 aliphatic carbocycles. The van der Waals surface area contributed by atoms with Gasteiger partial charge in [-0.25, -0.2) is 8.42 Å². The highest BCUT2D eigenvalue weighted by Crippen LogP contribution is 2.28. The number of benzene rings is 2. The van der Waals surface area contributed by atoms with Gasteiger partial charge < -0.3 is 20.1 Å². The monoisotopic (exact) mass is 409 g/mol. The molecule has 0 unspecified atom stereocenters. The Morgan fingerprint density at radius 1 is 1.07 bits per heavy atom. The van der Waals surface area contributed by atoms with Gasteiger partial charge in [0, 0.05) is 12.2 Å². The van der Waals surface area contributed by atoms with E-state index in [0.29, 0.717) is 34.5 Å². The summed E-state index contributed by atoms with van der Waals surface area (Å²) in [4.78, 5) is 0.0832. The van der Waals surface area contributed by atoms with Crippen LogP contribution in [0.15, 0.2) is 47.4 Å². The van der Waals surface area contributed by atoms with E-state index in [1.807, 2.05) is 6.92 Å². The topological polar surface area (TPSA) is 88.7 Å². The molecule has 2 aromatic carbocycles. The number of ether oxygens (including phenoxy) is 2. The lowest BCUT2D eigenvalue weighted by Gasteiger charge is -2.15. The quantitative estimate of drug-likeness (QED) is 0.577. The van der Waals surface area contributed by atoms with E-state index in [-0.39, 0.29) is 4.90 Å². The van der Waals surface area contributed by atoms with E-state index in [9.17, 15) is 8.42 Å². The standard InChI is InChI=1S/C18H23N3O4S2/c1-4-11-19-18(26)20-16-12-15(9-10-17(16)25-3)27(22,23)21-13-5-7-14(24-2)8-6-13/h5-10,12,21H,4,11H2,1-3H3,(H2,19,20,26). The molecule has 0 aliphatic heterocycles. The molecular weight excluding hydrogens is 386 g/mol. The summed E-state index contributed by atoms with van der Waals surface area (Å²) in [6, 6.07) is 11.1. The van der Waals surface area contributed by atoms with Gasteiger partial charge in [0.2, 0.25) is 0 Å². The first-order valence-electron chi connectivity index (χ1n) is 8.29. The van der Waals surface area contributed by atoms with Crippen molar-refractivity contribution in [2.24, 2.45) is 0 Å². The number of sulfonamides is 1. The second-order valence-corrected chi connectivity index (χ2v) is 7.67. The summed E-state index contributed by atoms with van der Waals surface area (Å²) >= 11 is 5.22. The third-order valence-corrected chi connectivity index (χ3v) is 5.23. The maximum atomic E-state index is 12.7. The molecule has 0 radical (unpaired) electrons. The second-order valence-electron chi connectivity index (χ2n) is 5.58. The van der Waals surface area contributed by atoms with Crippen LogP contribution in [0.3, 0.4) is 0 Å². The van der Waals surface area contributed by atoms with Crippen molar-refractivity contribution < 1.29 is 17.9 Å². The molecule has 0 saturated carbocycles. The maximum Gasteiger partial charge on any atom is 0.261 e. The van der Waals surface area contributed by atoms with Crippen molar-refractivity contribution in [1.29, 1.82) is 0 Å². The Morgan fingerprint density at radius 2 is 1.78 bits per heavy atom. The molecule has 146 valence electrons. The van der Waals surface area contributed by atoms with Gasteiger partial charge in [-0.05, 0) is 61.1 Å². The molecule has 0 saturated heterocycles. The summed E-state index contributed by atoms with van der Waals surface area (Å²) in [7, 11) is -0.730. The van der Waals surface area contributed by atoms with Crippen LogP contribution in [0.4, 0.5) is 11.4 Å². The lowest BCUT2D eigenvalue weighted by Crippen LogP contribution is -2.29. The molecule has 0 aromatic heterocycles. The Balaban J connectivity index is 2.24. The van der Waals surface area contributed by atoms with Gasteiger partial charge in [-0.1, -0.05) is 6.92 Å². The van der Waals surface area contributed by atoms with E-state index in [1.54, 1.807) is 37.4 Å². The van der Waals surface area contributed by atoms with E-state index in [2.05, 4.69) is 15.4 Å². The van der Waals surface area contributed by atoms with Crippen LogP contribution in [0.5, 0.6) is 11.5 Å². The average Bonchev–Trinajstić information content (AvgIpc) is 2.66. The predicted molar refractivity (Wildman–Crippen MR) is 111 cm³/mol. The van der Waals surface area contributed by atoms with E-state index >= 15 is 0 Å². The predicted octanol–water partition coefficient (Wildman–Crippen LogP) is 3.20. The first-order chi connectivity index (χ1) is 12.9. The van der Waals surface area contributed by atoms with Gasteiger partial charge in [-0.2, -0.15) is 0 Å². The van der Waals surface area contributed by atoms with E-state index in [0.717, 1.165) is 6.42 Å². The Labute approximate surface area is 165 Å². The van der Waals surface area contributed by atoms with Crippen LogP contribution in [0.2, 0.25) is 0 Å². The van der Waals surface area contributed by atoms with Crippen molar-refractivity contribution in [3.05, 3.63) is 42.5 Å². The average molecular weight is 410 g/mol. The lowest BCUT2D eigenvalue weighted by atomic mass is 10.3. The number of methoxy groups -OCH3 is 2. The highest BCUT2D eigenvalue weighted by atomic mass is 32.2. The van der Waals surface area contributed by atoms with Crippen molar-refractivity contribution in [2.75, 3.05) is 30.8 Å². The van der Waals surface area contributed by atoms with E-state index < -0.39 is 10.0 Å². The Kier molecular flexibility index (Phi) is 7.26. The van der Waals surface area contributed by atoms with Crippen molar-refractivity contribution >= 4 is 38.7 Å². The third-order valence-electron chi connectivity index (χ3n) is 3.61. The summed E-state index contributed by atoms with van der Waals surface area (Å²) in [5.74, 6) is 1.13. The summed E-state index contributed by atoms with van der Waals surface area (Å²) < 4.78 is 38.3. The van der Waals surface area contributed by atoms with Crippen LogP contribution in [0.1, 0.15) is 13.3 Å². The first-order valence-corrected chi connectivity index (χ1v) is 10.2. The van der Waals surface area contributed by atoms with Crippen molar-refractivity contribution in [1.82, 2.24) is 5.32 Å². The Morgan fingerprint density at radius 3 is 2.37 bits per heavy atom. The van der Waals surface area contributed by atoms with Crippen LogP contribution >= 0.6 is 12.2 Å². The van der Waals surface area contributed by atoms with Crippen molar-refractivity contribution in [3.8, 4) is 11.5 Å². The SMILES string of the molecule is CCCNC(=S)Nc1cc(S(=O)(=O)Nc2ccc(OC)cc2)ccc1OC. The highest BCUT2D eigenvalue weighted by Gasteiger charge is 2.17. The first kappa shape index (κ1) is 20.8. The van der Waals surface area contributed by atoms with Crippen molar-refractivity contribution in [3.63, 3.8) is 0 Å². The lowest BCUT2D eigenvalue weighted by molar-refractivity contribution is 0.415. The molecule has 27 heavy (non-hydrogen) atoms. The number of nitrogens with one attached hydrogen (secondary N) is 3. The molecular formula is C18H23N3O4S2. The molecule has 0 fully saturated rings. The van der Waals surface area contributed by atoms with Gasteiger partial charge >= 0.3 is 0 Å². The fraction of sp³-hybridized carbons (Fsp3) is 0.278. The van der Waals surface area contributed by atoms with Gasteiger partial charge in [-0.15, -0.1) is 0 Å². The fourth-order valence-electron chi connectivity index (χ4n) is 2.23. The minimum absolute atomic E-state index is 0.0832. The molecule has 0 spiro atoms. The van der Waals surface area contributed by atoms with Gasteiger partial charge in [0.15, 0.2) is 5.11 Å². The fourth-order valence-corrected chi connectivity index (χ4v) is 3.53. The van der Waals surface area contributed by atoms with Crippen LogP contribution in [-0.4, -0.2) is 34.3 Å². The summed E-state index contributed by atoms with van der Waals surface area (Å²) in [5.41, 5.74) is 0.893. The smallest absolute Gasteiger partial charge is 0.261 e. The summed E-state index contributed by atoms with van der Waals surface area (Å²) in [5, 5.41) is 6.40. The largest absolute Gasteiger partial charge is 0.497 e. The summed E-state index contributed by atoms with van der Waals surface area (Å²) in [6.07, 6.45) is 0.916. The molecule has 0 bridgehead atoms. The van der Waals surface area contributed by atoms with Gasteiger partial charge in [0.25, 0.3) is 10.0 Å². The van der Waals surface area contributed by atoms with Crippen LogP contribution < -0.4 is 24.8 Å². The van der Waals surface area contributed by atoms with Crippen LogP contribution in [0, 0.1) is 0 Å². The number of hydrogen-bond acceptors (Lipinski definition) is 5. The molecule has 3 N–H and O–H groups in total. The number of hydrogen-bond donors (Lipinski definition) is 3. The molecule has 0 heterocycles. The maximum absolute atomic E-state index is 12.7. The third kappa shape index (κ3) is 5.73. The molecule has 0 amide bonds. The highest BCUT2D eigenvalue weighted by molar-refractivity contribution is 7.92. The van der Waals surface area contributed by atoms with Gasteiger partial charge in [0.05, 0.1) is 24.8 Å². The molecule has 7 nitrogen and oxygen atoms in total. The number of rotatable bonds is 8. The normalized spacial score (nSPS) is 10.8. The van der Waals surface area contributed by atoms with Gasteiger partial charge in [-0.3, -0.25) is 4.72 Å². The molecule has 9 heteroatoms. The molecule has 2 rings (SSSR count). The van der Waals surface area contributed by atoms with Crippen LogP contribution in [-0.2, 0) is 10.0 Å².